The second-order valence-corrected chi connectivity index (χ2v) is 13.1. The minimum atomic E-state index is -4.10. The number of carbonyl (C=O) groups is 2. The zero-order valence-electron chi connectivity index (χ0n) is 25.4. The Labute approximate surface area is 272 Å². The van der Waals surface area contributed by atoms with Crippen LogP contribution in [0.1, 0.15) is 41.7 Å². The predicted octanol–water partition coefficient (Wildman–Crippen LogP) is 4.51. The Morgan fingerprint density at radius 2 is 1.64 bits per heavy atom. The quantitative estimate of drug-likeness (QED) is 0.0751. The van der Waals surface area contributed by atoms with Gasteiger partial charge in [0, 0.05) is 18.8 Å². The van der Waals surface area contributed by atoms with Crippen LogP contribution in [0.15, 0.2) is 97.1 Å². The van der Waals surface area contributed by atoms with E-state index in [1.807, 2.05) is 42.5 Å². The summed E-state index contributed by atoms with van der Waals surface area (Å²) in [5.41, 5.74) is 4.72. The summed E-state index contributed by atoms with van der Waals surface area (Å²) in [4.78, 5) is 27.4. The average molecular weight is 662 g/mol. The second-order valence-electron chi connectivity index (χ2n) is 11.5. The molecule has 5 N–H and O–H groups in total. The molecule has 4 aromatic carbocycles. The molecular weight excluding hydrogens is 625 g/mol. The maximum absolute atomic E-state index is 13.6. The number of halogens is 1. The number of nitrogens with zero attached hydrogens (tertiary/aromatic N) is 1. The number of carbonyl (C=O) groups excluding carboxylic acids is 2. The molecule has 246 valence electrons. The minimum absolute atomic E-state index is 0.0588. The second kappa shape index (κ2) is 14.9. The van der Waals surface area contributed by atoms with Gasteiger partial charge in [-0.15, -0.1) is 0 Å². The van der Waals surface area contributed by atoms with Gasteiger partial charge in [0.25, 0.3) is 10.1 Å². The van der Waals surface area contributed by atoms with E-state index in [-0.39, 0.29) is 49.1 Å². The lowest BCUT2D eigenvalue weighted by Crippen LogP contribution is -2.55. The zero-order chi connectivity index (χ0) is 33.6. The van der Waals surface area contributed by atoms with Crippen molar-refractivity contribution in [3.8, 4) is 16.9 Å². The van der Waals surface area contributed by atoms with Gasteiger partial charge in [0.2, 0.25) is 11.8 Å². The SMILES string of the molecule is O=C(CNCCS(=O)(=O)O)NCc1ccc(N2C(=O)[C@H](CC[C@H](O)c3ccc(F)cc3)[C@H]2c2ccc(-c3cccc(O)c3)cc2)cc1. The topological polar surface area (TPSA) is 156 Å². The Balaban J connectivity index is 1.28. The lowest BCUT2D eigenvalue weighted by Gasteiger charge is -2.48. The molecule has 1 aliphatic heterocycles. The number of rotatable bonds is 14. The fourth-order valence-corrected chi connectivity index (χ4v) is 6.09. The normalized spacial score (nSPS) is 16.8. The number of hydrogen-bond acceptors (Lipinski definition) is 7. The van der Waals surface area contributed by atoms with Gasteiger partial charge in [-0.1, -0.05) is 60.7 Å². The van der Waals surface area contributed by atoms with Gasteiger partial charge < -0.3 is 25.7 Å². The van der Waals surface area contributed by atoms with Crippen LogP contribution in [0.4, 0.5) is 10.1 Å². The molecule has 3 atom stereocenters. The van der Waals surface area contributed by atoms with E-state index in [4.69, 9.17) is 4.55 Å². The van der Waals surface area contributed by atoms with E-state index in [0.29, 0.717) is 24.1 Å². The standard InChI is InChI=1S/C35H36FN3O7S/c36-28-12-10-25(11-13-28)32(41)17-16-31-34(26-8-6-24(7-9-26)27-2-1-3-30(40)20-27)39(35(31)43)29-14-4-23(5-15-29)21-38-33(42)22-37-18-19-47(44,45)46/h1-15,20,31-32,34,37,40-41H,16-19,21-22H2,(H,38,42)(H,44,45,46)/t31-,32+,34-/m1/s1. The van der Waals surface area contributed by atoms with Crippen LogP contribution in [-0.4, -0.2) is 53.8 Å². The number of anilines is 1. The van der Waals surface area contributed by atoms with Crippen molar-refractivity contribution in [1.82, 2.24) is 10.6 Å². The molecule has 0 bridgehead atoms. The third-order valence-corrected chi connectivity index (χ3v) is 8.90. The molecule has 1 aliphatic rings. The lowest BCUT2D eigenvalue weighted by atomic mass is 9.78. The molecule has 4 aromatic rings. The molecule has 2 amide bonds. The Morgan fingerprint density at radius 1 is 0.936 bits per heavy atom. The third kappa shape index (κ3) is 8.80. The maximum atomic E-state index is 13.6. The molecule has 1 saturated heterocycles. The van der Waals surface area contributed by atoms with E-state index < -0.39 is 27.9 Å². The highest BCUT2D eigenvalue weighted by Crippen LogP contribution is 2.46. The molecule has 1 fully saturated rings. The minimum Gasteiger partial charge on any atom is -0.508 e. The number of phenols is 1. The van der Waals surface area contributed by atoms with Crippen LogP contribution >= 0.6 is 0 Å². The van der Waals surface area contributed by atoms with Crippen molar-refractivity contribution in [2.45, 2.75) is 31.5 Å². The van der Waals surface area contributed by atoms with Crippen molar-refractivity contribution < 1.29 is 37.2 Å². The van der Waals surface area contributed by atoms with Gasteiger partial charge in [0.1, 0.15) is 11.6 Å². The van der Waals surface area contributed by atoms with Gasteiger partial charge in [-0.2, -0.15) is 8.42 Å². The zero-order valence-corrected chi connectivity index (χ0v) is 26.2. The molecule has 47 heavy (non-hydrogen) atoms. The third-order valence-electron chi connectivity index (χ3n) is 8.18. The van der Waals surface area contributed by atoms with Crippen LogP contribution in [-0.2, 0) is 26.3 Å². The Kier molecular flexibility index (Phi) is 10.7. The molecule has 0 aliphatic carbocycles. The van der Waals surface area contributed by atoms with Gasteiger partial charge in [-0.25, -0.2) is 4.39 Å². The number of aliphatic hydroxyl groups excluding tert-OH is 1. The highest BCUT2D eigenvalue weighted by atomic mass is 32.2. The van der Waals surface area contributed by atoms with Crippen LogP contribution in [0.5, 0.6) is 5.75 Å². The fraction of sp³-hybridized carbons (Fsp3) is 0.257. The molecule has 0 spiro atoms. The van der Waals surface area contributed by atoms with E-state index in [2.05, 4.69) is 10.6 Å². The first-order valence-electron chi connectivity index (χ1n) is 15.2. The Morgan fingerprint density at radius 3 is 2.30 bits per heavy atom. The van der Waals surface area contributed by atoms with Crippen LogP contribution < -0.4 is 15.5 Å². The number of hydrogen-bond donors (Lipinski definition) is 5. The van der Waals surface area contributed by atoms with Crippen molar-refractivity contribution in [3.63, 3.8) is 0 Å². The Bertz CT molecular complexity index is 1800. The van der Waals surface area contributed by atoms with E-state index in [1.54, 1.807) is 35.2 Å². The average Bonchev–Trinajstić information content (AvgIpc) is 3.05. The summed E-state index contributed by atoms with van der Waals surface area (Å²) < 4.78 is 43.7. The number of aromatic hydroxyl groups is 1. The first-order valence-corrected chi connectivity index (χ1v) is 16.8. The van der Waals surface area contributed by atoms with Gasteiger partial charge in [0.15, 0.2) is 0 Å². The summed E-state index contributed by atoms with van der Waals surface area (Å²) in [5.74, 6) is -1.55. The first kappa shape index (κ1) is 33.7. The highest BCUT2D eigenvalue weighted by Gasteiger charge is 2.48. The number of phenolic OH excluding ortho intramolecular Hbond substituents is 1. The van der Waals surface area contributed by atoms with Crippen LogP contribution in [0.25, 0.3) is 11.1 Å². The monoisotopic (exact) mass is 661 g/mol. The molecular formula is C35H36FN3O7S. The first-order chi connectivity index (χ1) is 22.5. The largest absolute Gasteiger partial charge is 0.508 e. The summed E-state index contributed by atoms with van der Waals surface area (Å²) in [5, 5.41) is 26.1. The molecule has 12 heteroatoms. The lowest BCUT2D eigenvalue weighted by molar-refractivity contribution is -0.131. The highest BCUT2D eigenvalue weighted by molar-refractivity contribution is 7.85. The van der Waals surface area contributed by atoms with Gasteiger partial charge in [-0.05, 0) is 77.1 Å². The maximum Gasteiger partial charge on any atom is 0.266 e. The van der Waals surface area contributed by atoms with Gasteiger partial charge in [-0.3, -0.25) is 14.1 Å². The number of benzene rings is 4. The fourth-order valence-electron chi connectivity index (χ4n) is 5.69. The number of aliphatic hydroxyl groups is 1. The van der Waals surface area contributed by atoms with E-state index in [0.717, 1.165) is 22.3 Å². The van der Waals surface area contributed by atoms with E-state index in [9.17, 15) is 32.6 Å². The van der Waals surface area contributed by atoms with Crippen molar-refractivity contribution in [2.24, 2.45) is 5.92 Å². The smallest absolute Gasteiger partial charge is 0.266 e. The number of amides is 2. The number of β-lactam (4-membered cyclic amide) rings is 1. The number of nitrogens with one attached hydrogen (secondary N) is 2. The molecule has 0 aromatic heterocycles. The summed E-state index contributed by atoms with van der Waals surface area (Å²) in [6.07, 6.45) is -0.120. The van der Waals surface area contributed by atoms with Crippen molar-refractivity contribution in [1.29, 1.82) is 0 Å². The van der Waals surface area contributed by atoms with Crippen molar-refractivity contribution in [3.05, 3.63) is 120 Å². The van der Waals surface area contributed by atoms with Gasteiger partial charge >= 0.3 is 0 Å². The van der Waals surface area contributed by atoms with Crippen LogP contribution in [0, 0.1) is 11.7 Å². The van der Waals surface area contributed by atoms with E-state index >= 15 is 0 Å². The Hall–Kier alpha value is -4.62. The molecule has 10 nitrogen and oxygen atoms in total. The summed E-state index contributed by atoms with van der Waals surface area (Å²) >= 11 is 0. The molecule has 1 heterocycles. The molecule has 0 saturated carbocycles. The molecule has 5 rings (SSSR count). The van der Waals surface area contributed by atoms with Crippen molar-refractivity contribution in [2.75, 3.05) is 23.7 Å². The molecule has 0 radical (unpaired) electrons. The van der Waals surface area contributed by atoms with Gasteiger partial charge in [0.05, 0.1) is 30.4 Å². The van der Waals surface area contributed by atoms with Crippen LogP contribution in [0.2, 0.25) is 0 Å². The summed E-state index contributed by atoms with van der Waals surface area (Å²) in [6.45, 7) is 0.0483. The summed E-state index contributed by atoms with van der Waals surface area (Å²) in [6, 6.07) is 27.4. The van der Waals surface area contributed by atoms with E-state index in [1.165, 1.54) is 24.3 Å². The molecule has 0 unspecified atom stereocenters. The van der Waals surface area contributed by atoms with Crippen LogP contribution in [0.3, 0.4) is 0 Å². The summed E-state index contributed by atoms with van der Waals surface area (Å²) in [7, 11) is -4.10. The predicted molar refractivity (Wildman–Crippen MR) is 175 cm³/mol. The van der Waals surface area contributed by atoms with Crippen molar-refractivity contribution >= 4 is 27.6 Å².